The predicted molar refractivity (Wildman–Crippen MR) is 66.7 cm³/mol. The number of aliphatic hydroxyl groups excluding tert-OH is 1. The first kappa shape index (κ1) is 12.0. The first-order chi connectivity index (χ1) is 7.65. The maximum atomic E-state index is 9.07. The molecule has 1 aromatic heterocycles. The fourth-order valence-corrected chi connectivity index (χ4v) is 3.21. The summed E-state index contributed by atoms with van der Waals surface area (Å²) in [4.78, 5) is 5.77. The molecule has 1 saturated carbocycles. The van der Waals surface area contributed by atoms with Crippen LogP contribution in [-0.2, 0) is 6.54 Å². The van der Waals surface area contributed by atoms with Crippen molar-refractivity contribution in [2.75, 3.05) is 6.61 Å². The summed E-state index contributed by atoms with van der Waals surface area (Å²) in [5.41, 5.74) is 1.35. The van der Waals surface area contributed by atoms with Crippen molar-refractivity contribution in [2.45, 2.75) is 51.6 Å². The van der Waals surface area contributed by atoms with Crippen molar-refractivity contribution in [3.05, 3.63) is 15.6 Å². The lowest BCUT2D eigenvalue weighted by atomic mass is 9.74. The van der Waals surface area contributed by atoms with Gasteiger partial charge in [0, 0.05) is 23.6 Å². The monoisotopic (exact) mass is 240 g/mol. The fraction of sp³-hybridized carbons (Fsp3) is 0.750. The van der Waals surface area contributed by atoms with Gasteiger partial charge < -0.3 is 10.4 Å². The molecule has 0 bridgehead atoms. The Balaban J connectivity index is 1.93. The molecule has 3 nitrogen and oxygen atoms in total. The van der Waals surface area contributed by atoms with Crippen molar-refractivity contribution >= 4 is 11.3 Å². The van der Waals surface area contributed by atoms with Crippen LogP contribution in [0.1, 0.15) is 41.3 Å². The second kappa shape index (κ2) is 4.82. The number of rotatable bonds is 5. The van der Waals surface area contributed by atoms with E-state index in [0.29, 0.717) is 0 Å². The number of hydrogen-bond donors (Lipinski definition) is 2. The molecule has 1 heterocycles. The Bertz CT molecular complexity index is 358. The molecule has 1 aliphatic rings. The summed E-state index contributed by atoms with van der Waals surface area (Å²) in [6, 6.07) is 0. The van der Waals surface area contributed by atoms with Gasteiger partial charge in [0.25, 0.3) is 0 Å². The third-order valence-corrected chi connectivity index (χ3v) is 4.60. The lowest BCUT2D eigenvalue weighted by molar-refractivity contribution is 0.130. The molecule has 0 atom stereocenters. The Labute approximate surface area is 101 Å². The van der Waals surface area contributed by atoms with E-state index in [0.717, 1.165) is 23.7 Å². The summed E-state index contributed by atoms with van der Waals surface area (Å²) in [6.07, 6.45) is 4.56. The minimum atomic E-state index is 0.207. The number of aryl methyl sites for hydroxylation is 2. The Hall–Kier alpha value is -0.450. The molecule has 0 spiro atoms. The third kappa shape index (κ3) is 2.44. The van der Waals surface area contributed by atoms with Gasteiger partial charge in [-0.25, -0.2) is 4.98 Å². The van der Waals surface area contributed by atoms with E-state index in [2.05, 4.69) is 17.2 Å². The topological polar surface area (TPSA) is 45.2 Å². The molecule has 1 aliphatic carbocycles. The summed E-state index contributed by atoms with van der Waals surface area (Å²) in [5.74, 6) is 0. The van der Waals surface area contributed by atoms with E-state index in [1.54, 1.807) is 11.3 Å². The highest BCUT2D eigenvalue weighted by Gasteiger charge is 2.35. The van der Waals surface area contributed by atoms with Crippen molar-refractivity contribution < 1.29 is 5.11 Å². The van der Waals surface area contributed by atoms with Gasteiger partial charge in [0.2, 0.25) is 0 Å². The fourth-order valence-electron chi connectivity index (χ4n) is 2.34. The van der Waals surface area contributed by atoms with Gasteiger partial charge in [0.05, 0.1) is 10.7 Å². The van der Waals surface area contributed by atoms with Gasteiger partial charge in [-0.3, -0.25) is 0 Å². The highest BCUT2D eigenvalue weighted by atomic mass is 32.1. The number of aliphatic hydroxyl groups is 1. The molecule has 2 N–H and O–H groups in total. The van der Waals surface area contributed by atoms with Gasteiger partial charge in [0.1, 0.15) is 0 Å². The second-order valence-electron chi connectivity index (χ2n) is 4.70. The minimum absolute atomic E-state index is 0.207. The lowest BCUT2D eigenvalue weighted by Gasteiger charge is -2.42. The Morgan fingerprint density at radius 1 is 1.44 bits per heavy atom. The summed E-state index contributed by atoms with van der Waals surface area (Å²) in [6.45, 7) is 5.30. The molecular formula is C12H20N2OS. The van der Waals surface area contributed by atoms with Crippen molar-refractivity contribution in [3.63, 3.8) is 0 Å². The van der Waals surface area contributed by atoms with E-state index in [1.165, 1.54) is 24.1 Å². The SMILES string of the molecule is Cc1nc(C)c(CNC2(CCO)CCC2)s1. The maximum absolute atomic E-state index is 9.07. The number of nitrogens with one attached hydrogen (secondary N) is 1. The van der Waals surface area contributed by atoms with Crippen LogP contribution in [0.15, 0.2) is 0 Å². The maximum Gasteiger partial charge on any atom is 0.0900 e. The zero-order valence-electron chi connectivity index (χ0n) is 10.0. The predicted octanol–water partition coefficient (Wildman–Crippen LogP) is 2.15. The van der Waals surface area contributed by atoms with Crippen LogP contribution in [0.5, 0.6) is 0 Å². The van der Waals surface area contributed by atoms with Gasteiger partial charge in [0.15, 0.2) is 0 Å². The standard InChI is InChI=1S/C12H20N2OS/c1-9-11(16-10(2)14-9)8-13-12(6-7-15)4-3-5-12/h13,15H,3-8H2,1-2H3. The summed E-state index contributed by atoms with van der Waals surface area (Å²) < 4.78 is 0. The van der Waals surface area contributed by atoms with E-state index in [9.17, 15) is 0 Å². The van der Waals surface area contributed by atoms with Gasteiger partial charge in [-0.05, 0) is 39.5 Å². The largest absolute Gasteiger partial charge is 0.396 e. The van der Waals surface area contributed by atoms with Crippen LogP contribution < -0.4 is 5.32 Å². The molecule has 0 radical (unpaired) electrons. The van der Waals surface area contributed by atoms with E-state index in [-0.39, 0.29) is 12.1 Å². The first-order valence-electron chi connectivity index (χ1n) is 5.94. The van der Waals surface area contributed by atoms with Gasteiger partial charge in [-0.15, -0.1) is 11.3 Å². The molecule has 1 fully saturated rings. The van der Waals surface area contributed by atoms with Gasteiger partial charge in [-0.1, -0.05) is 0 Å². The van der Waals surface area contributed by atoms with E-state index in [1.807, 2.05) is 6.92 Å². The van der Waals surface area contributed by atoms with Crippen LogP contribution in [0.2, 0.25) is 0 Å². The molecule has 90 valence electrons. The molecule has 16 heavy (non-hydrogen) atoms. The van der Waals surface area contributed by atoms with Crippen LogP contribution in [0, 0.1) is 13.8 Å². The van der Waals surface area contributed by atoms with Crippen molar-refractivity contribution in [3.8, 4) is 0 Å². The summed E-state index contributed by atoms with van der Waals surface area (Å²) in [7, 11) is 0. The molecule has 0 amide bonds. The Morgan fingerprint density at radius 3 is 2.62 bits per heavy atom. The number of aromatic nitrogens is 1. The Morgan fingerprint density at radius 2 is 2.19 bits per heavy atom. The molecule has 2 rings (SSSR count). The molecule has 0 aromatic carbocycles. The molecular weight excluding hydrogens is 220 g/mol. The third-order valence-electron chi connectivity index (χ3n) is 3.52. The molecule has 0 aliphatic heterocycles. The molecule has 0 unspecified atom stereocenters. The quantitative estimate of drug-likeness (QED) is 0.829. The highest BCUT2D eigenvalue weighted by molar-refractivity contribution is 7.11. The average molecular weight is 240 g/mol. The van der Waals surface area contributed by atoms with Crippen LogP contribution in [0.3, 0.4) is 0 Å². The summed E-state index contributed by atoms with van der Waals surface area (Å²) >= 11 is 1.77. The van der Waals surface area contributed by atoms with E-state index >= 15 is 0 Å². The number of thiazole rings is 1. The summed E-state index contributed by atoms with van der Waals surface area (Å²) in [5, 5.41) is 13.8. The van der Waals surface area contributed by atoms with Crippen LogP contribution >= 0.6 is 11.3 Å². The van der Waals surface area contributed by atoms with E-state index < -0.39 is 0 Å². The zero-order valence-corrected chi connectivity index (χ0v) is 10.9. The van der Waals surface area contributed by atoms with Crippen molar-refractivity contribution in [1.29, 1.82) is 0 Å². The van der Waals surface area contributed by atoms with Crippen molar-refractivity contribution in [2.24, 2.45) is 0 Å². The minimum Gasteiger partial charge on any atom is -0.396 e. The normalized spacial score (nSPS) is 18.4. The smallest absolute Gasteiger partial charge is 0.0900 e. The zero-order chi connectivity index (χ0) is 11.6. The molecule has 1 aromatic rings. The Kier molecular flexibility index (Phi) is 3.62. The van der Waals surface area contributed by atoms with Crippen LogP contribution in [0.25, 0.3) is 0 Å². The lowest BCUT2D eigenvalue weighted by Crippen LogP contribution is -2.51. The van der Waals surface area contributed by atoms with Gasteiger partial charge in [-0.2, -0.15) is 0 Å². The number of nitrogens with zero attached hydrogens (tertiary/aromatic N) is 1. The molecule has 4 heteroatoms. The van der Waals surface area contributed by atoms with Crippen LogP contribution in [0.4, 0.5) is 0 Å². The van der Waals surface area contributed by atoms with Crippen LogP contribution in [-0.4, -0.2) is 22.2 Å². The average Bonchev–Trinajstić information content (AvgIpc) is 2.49. The highest BCUT2D eigenvalue weighted by Crippen LogP contribution is 2.35. The van der Waals surface area contributed by atoms with Crippen molar-refractivity contribution in [1.82, 2.24) is 10.3 Å². The molecule has 0 saturated heterocycles. The van der Waals surface area contributed by atoms with Gasteiger partial charge >= 0.3 is 0 Å². The number of hydrogen-bond acceptors (Lipinski definition) is 4. The second-order valence-corrected chi connectivity index (χ2v) is 5.99. The first-order valence-corrected chi connectivity index (χ1v) is 6.76. The van der Waals surface area contributed by atoms with E-state index in [4.69, 9.17) is 5.11 Å².